The van der Waals surface area contributed by atoms with Crippen LogP contribution < -0.4 is 4.90 Å². The highest BCUT2D eigenvalue weighted by Crippen LogP contribution is 2.44. The van der Waals surface area contributed by atoms with Gasteiger partial charge < -0.3 is 9.47 Å². The lowest BCUT2D eigenvalue weighted by Crippen LogP contribution is -2.22. The summed E-state index contributed by atoms with van der Waals surface area (Å²) in [6.07, 6.45) is 13.6. The molecule has 0 radical (unpaired) electrons. The molecule has 0 atom stereocenters. The number of nitrogens with zero attached hydrogens (tertiary/aromatic N) is 4. The van der Waals surface area contributed by atoms with Crippen LogP contribution in [0.3, 0.4) is 0 Å². The minimum Gasteiger partial charge on any atom is -0.313 e. The fourth-order valence-corrected chi connectivity index (χ4v) is 10.2. The molecule has 4 nitrogen and oxygen atoms in total. The van der Waals surface area contributed by atoms with Gasteiger partial charge in [-0.25, -0.2) is 9.97 Å². The molecule has 0 spiro atoms. The average molecular weight is 847 g/mol. The highest BCUT2D eigenvalue weighted by atomic mass is 15.2. The van der Waals surface area contributed by atoms with Crippen LogP contribution >= 0.6 is 0 Å². The monoisotopic (exact) mass is 846 g/mol. The number of rotatable bonds is 8. The summed E-state index contributed by atoms with van der Waals surface area (Å²) in [5.41, 5.74) is 18.3. The zero-order valence-corrected chi connectivity index (χ0v) is 36.8. The summed E-state index contributed by atoms with van der Waals surface area (Å²) in [7, 11) is 0. The van der Waals surface area contributed by atoms with Gasteiger partial charge in [-0.1, -0.05) is 164 Å². The van der Waals surface area contributed by atoms with Crippen molar-refractivity contribution in [2.45, 2.75) is 26.2 Å². The molecule has 10 aromatic rings. The fraction of sp³-hybridized carbons (Fsp3) is 0.0645. The van der Waals surface area contributed by atoms with E-state index in [1.165, 1.54) is 77.4 Å². The Morgan fingerprint density at radius 1 is 0.591 bits per heavy atom. The van der Waals surface area contributed by atoms with E-state index in [0.29, 0.717) is 0 Å². The average Bonchev–Trinajstić information content (AvgIpc) is 3.73. The normalized spacial score (nSPS) is 14.0. The van der Waals surface area contributed by atoms with Crippen molar-refractivity contribution in [3.05, 3.63) is 242 Å². The van der Waals surface area contributed by atoms with Gasteiger partial charge in [-0.05, 0) is 119 Å². The first-order valence-electron chi connectivity index (χ1n) is 22.9. The fourth-order valence-electron chi connectivity index (χ4n) is 10.2. The van der Waals surface area contributed by atoms with Crippen LogP contribution in [0, 0.1) is 0 Å². The molecular formula is C62H46N4. The molecule has 0 saturated carbocycles. The minimum atomic E-state index is 0.740. The van der Waals surface area contributed by atoms with Crippen LogP contribution in [-0.2, 0) is 6.42 Å². The summed E-state index contributed by atoms with van der Waals surface area (Å²) in [5.74, 6) is 0.740. The Bertz CT molecular complexity index is 3680. The molecule has 4 heteroatoms. The lowest BCUT2D eigenvalue weighted by molar-refractivity contribution is 0.978. The highest BCUT2D eigenvalue weighted by molar-refractivity contribution is 6.22. The van der Waals surface area contributed by atoms with Crippen LogP contribution in [0.15, 0.2) is 230 Å². The molecule has 66 heavy (non-hydrogen) atoms. The molecule has 2 aliphatic rings. The van der Waals surface area contributed by atoms with E-state index in [4.69, 9.17) is 9.97 Å². The van der Waals surface area contributed by atoms with Crippen LogP contribution in [0.1, 0.15) is 31.2 Å². The van der Waals surface area contributed by atoms with Crippen molar-refractivity contribution in [1.29, 1.82) is 0 Å². The van der Waals surface area contributed by atoms with Gasteiger partial charge in [-0.3, -0.25) is 0 Å². The molecule has 0 fully saturated rings. The molecule has 0 bridgehead atoms. The molecule has 1 aliphatic carbocycles. The maximum atomic E-state index is 5.37. The summed E-state index contributed by atoms with van der Waals surface area (Å²) < 4.78 is 2.51. The molecule has 0 N–H and O–H groups in total. The van der Waals surface area contributed by atoms with E-state index in [2.05, 4.69) is 229 Å². The van der Waals surface area contributed by atoms with Crippen molar-refractivity contribution in [2.24, 2.45) is 0 Å². The second-order valence-electron chi connectivity index (χ2n) is 17.2. The molecule has 3 heterocycles. The summed E-state index contributed by atoms with van der Waals surface area (Å²) in [5, 5.41) is 6.06. The topological polar surface area (TPSA) is 34.0 Å². The largest absolute Gasteiger partial charge is 0.313 e. The van der Waals surface area contributed by atoms with E-state index in [1.807, 2.05) is 6.08 Å². The van der Waals surface area contributed by atoms with Gasteiger partial charge >= 0.3 is 0 Å². The van der Waals surface area contributed by atoms with Crippen molar-refractivity contribution in [1.82, 2.24) is 14.5 Å². The van der Waals surface area contributed by atoms with Gasteiger partial charge in [0, 0.05) is 56.5 Å². The number of anilines is 2. The molecule has 12 rings (SSSR count). The Kier molecular flexibility index (Phi) is 9.72. The third kappa shape index (κ3) is 6.69. The first-order valence-corrected chi connectivity index (χ1v) is 22.9. The van der Waals surface area contributed by atoms with Gasteiger partial charge in [0.25, 0.3) is 0 Å². The molecule has 2 aromatic heterocycles. The number of para-hydroxylation sites is 2. The van der Waals surface area contributed by atoms with E-state index in [-0.39, 0.29) is 0 Å². The molecule has 0 amide bonds. The quantitative estimate of drug-likeness (QED) is 0.153. The van der Waals surface area contributed by atoms with E-state index < -0.39 is 0 Å². The molecule has 0 saturated heterocycles. The maximum Gasteiger partial charge on any atom is 0.160 e. The molecule has 314 valence electrons. The molecule has 0 unspecified atom stereocenters. The smallest absolute Gasteiger partial charge is 0.160 e. The molecular weight excluding hydrogens is 801 g/mol. The number of hydrogen-bond donors (Lipinski definition) is 0. The van der Waals surface area contributed by atoms with Crippen molar-refractivity contribution in [2.75, 3.05) is 4.90 Å². The predicted octanol–water partition coefficient (Wildman–Crippen LogP) is 16.3. The van der Waals surface area contributed by atoms with Crippen LogP contribution in [0.5, 0.6) is 0 Å². The number of hydrogen-bond acceptors (Lipinski definition) is 3. The minimum absolute atomic E-state index is 0.740. The molecule has 1 aliphatic heterocycles. The Labute approximate surface area is 385 Å². The lowest BCUT2D eigenvalue weighted by atomic mass is 9.91. The van der Waals surface area contributed by atoms with Crippen molar-refractivity contribution in [3.63, 3.8) is 0 Å². The van der Waals surface area contributed by atoms with Gasteiger partial charge in [0.15, 0.2) is 5.82 Å². The van der Waals surface area contributed by atoms with Crippen LogP contribution in [0.4, 0.5) is 11.4 Å². The van der Waals surface area contributed by atoms with Crippen molar-refractivity contribution >= 4 is 66.1 Å². The number of allylic oxidation sites excluding steroid dienone is 8. The van der Waals surface area contributed by atoms with E-state index >= 15 is 0 Å². The number of benzene rings is 8. The summed E-state index contributed by atoms with van der Waals surface area (Å²) in [4.78, 5) is 13.0. The number of aromatic nitrogens is 3. The van der Waals surface area contributed by atoms with Gasteiger partial charge in [-0.15, -0.1) is 0 Å². The third-order valence-electron chi connectivity index (χ3n) is 13.3. The first-order chi connectivity index (χ1) is 32.6. The lowest BCUT2D eigenvalue weighted by Gasteiger charge is -2.34. The Hall–Kier alpha value is -8.34. The van der Waals surface area contributed by atoms with Crippen LogP contribution in [0.25, 0.3) is 88.3 Å². The second-order valence-corrected chi connectivity index (χ2v) is 17.2. The predicted molar refractivity (Wildman–Crippen MR) is 279 cm³/mol. The van der Waals surface area contributed by atoms with Gasteiger partial charge in [0.2, 0.25) is 0 Å². The third-order valence-corrected chi connectivity index (χ3v) is 13.3. The summed E-state index contributed by atoms with van der Waals surface area (Å²) in [6.45, 7) is 6.34. The van der Waals surface area contributed by atoms with Crippen LogP contribution in [0.2, 0.25) is 0 Å². The van der Waals surface area contributed by atoms with Crippen LogP contribution in [-0.4, -0.2) is 14.5 Å². The standard InChI is InChI=1S/C62H46N4/c1-3-16-56-41(4-2)37-49-38-46(33-35-57(49)65(56)50-21-9-6-10-22-50)47-31-34-54-59(40-47)66(58-36-32-44-19-11-12-24-52(44)60(54)58)51-23-15-20-48(39-51)62-63-55-26-14-13-25-53(55)61(64-62)45-29-27-43(28-30-45)42-17-7-5-8-18-42/h3-14,16-22,24-36,38-40H,2,15,23,37H2,1H3/b16-3-. The van der Waals surface area contributed by atoms with Crippen molar-refractivity contribution in [3.8, 4) is 33.5 Å². The Morgan fingerprint density at radius 3 is 2.11 bits per heavy atom. The number of fused-ring (bicyclic) bond motifs is 7. The van der Waals surface area contributed by atoms with Gasteiger partial charge in [-0.2, -0.15) is 0 Å². The van der Waals surface area contributed by atoms with Gasteiger partial charge in [0.05, 0.1) is 22.2 Å². The Morgan fingerprint density at radius 2 is 1.29 bits per heavy atom. The second kappa shape index (κ2) is 16.3. The SMILES string of the molecule is C=CC1=C(/C=C\C)N(c2ccccc2)c2ccc(-c3ccc4c5c6ccccc6ccc5n(C5=CC(c6nc(-c7ccc(-c8ccccc8)cc7)c7ccccc7n6)=CCC5)c4c3)cc2C1. The molecule has 8 aromatic carbocycles. The van der Waals surface area contributed by atoms with Gasteiger partial charge in [0.1, 0.15) is 0 Å². The Balaban J connectivity index is 0.992. The van der Waals surface area contributed by atoms with E-state index in [1.54, 1.807) is 0 Å². The first kappa shape index (κ1) is 39.3. The van der Waals surface area contributed by atoms with E-state index in [9.17, 15) is 0 Å². The highest BCUT2D eigenvalue weighted by Gasteiger charge is 2.26. The summed E-state index contributed by atoms with van der Waals surface area (Å²) >= 11 is 0. The maximum absolute atomic E-state index is 5.37. The van der Waals surface area contributed by atoms with E-state index in [0.717, 1.165) is 64.2 Å². The zero-order chi connectivity index (χ0) is 44.1. The zero-order valence-electron chi connectivity index (χ0n) is 36.8. The van der Waals surface area contributed by atoms with Crippen molar-refractivity contribution < 1.29 is 0 Å². The summed E-state index contributed by atoms with van der Waals surface area (Å²) in [6, 6.07) is 65.7.